The first kappa shape index (κ1) is 23.5. The molecule has 184 valence electrons. The highest BCUT2D eigenvalue weighted by Crippen LogP contribution is 2.45. The Morgan fingerprint density at radius 2 is 1.80 bits per heavy atom. The largest absolute Gasteiger partial charge is 0.381 e. The lowest BCUT2D eigenvalue weighted by Gasteiger charge is -2.31. The van der Waals surface area contributed by atoms with Gasteiger partial charge in [-0.1, -0.05) is 37.5 Å². The molecule has 3 N–H and O–H groups in total. The molecule has 0 unspecified atom stereocenters. The van der Waals surface area contributed by atoms with Gasteiger partial charge in [0.2, 0.25) is 11.8 Å². The second-order valence-corrected chi connectivity index (χ2v) is 9.73. The molecule has 5 rings (SSSR count). The molecule has 1 aliphatic carbocycles. The summed E-state index contributed by atoms with van der Waals surface area (Å²) in [6.45, 7) is 1.08. The first-order valence-corrected chi connectivity index (χ1v) is 12.4. The van der Waals surface area contributed by atoms with E-state index in [1.807, 2.05) is 6.07 Å². The van der Waals surface area contributed by atoms with Crippen LogP contribution in [-0.2, 0) is 19.7 Å². The Balaban J connectivity index is 1.35. The zero-order valence-corrected chi connectivity index (χ0v) is 19.6. The van der Waals surface area contributed by atoms with E-state index < -0.39 is 23.2 Å². The van der Waals surface area contributed by atoms with E-state index in [0.29, 0.717) is 37.4 Å². The van der Waals surface area contributed by atoms with Crippen LogP contribution >= 0.6 is 0 Å². The molecule has 0 bridgehead atoms. The molecule has 2 aromatic carbocycles. The maximum atomic E-state index is 14.2. The molecule has 1 saturated carbocycles. The first-order valence-electron chi connectivity index (χ1n) is 12.4. The summed E-state index contributed by atoms with van der Waals surface area (Å²) in [5.41, 5.74) is 1.51. The topological polar surface area (TPSA) is 96.5 Å². The van der Waals surface area contributed by atoms with Gasteiger partial charge < -0.3 is 20.7 Å². The van der Waals surface area contributed by atoms with Gasteiger partial charge in [-0.3, -0.25) is 14.4 Å². The van der Waals surface area contributed by atoms with Crippen LogP contribution in [0, 0.1) is 11.7 Å². The molecule has 1 spiro atoms. The average molecular weight is 480 g/mol. The standard InChI is InChI=1S/C27H30FN3O4/c28-21-9-5-4-8-19(21)24(32)31-23(17-6-2-1-3-7-17)25(33)29-18-10-11-20-22(16-18)30-26(34)27(20)12-14-35-15-13-27/h4-5,8-11,16-17,23H,1-3,6-7,12-15H2,(H,29,33)(H,30,34)(H,31,32)/t23-/m0/s1. The van der Waals surface area contributed by atoms with Gasteiger partial charge in [0.05, 0.1) is 11.0 Å². The predicted molar refractivity (Wildman–Crippen MR) is 130 cm³/mol. The van der Waals surface area contributed by atoms with Gasteiger partial charge >= 0.3 is 0 Å². The summed E-state index contributed by atoms with van der Waals surface area (Å²) in [7, 11) is 0. The number of halogens is 1. The van der Waals surface area contributed by atoms with Crippen molar-refractivity contribution in [3.8, 4) is 0 Å². The van der Waals surface area contributed by atoms with Crippen molar-refractivity contribution in [3.05, 3.63) is 59.4 Å². The summed E-state index contributed by atoms with van der Waals surface area (Å²) in [5, 5.41) is 8.69. The van der Waals surface area contributed by atoms with Crippen LogP contribution in [0.4, 0.5) is 15.8 Å². The molecule has 0 radical (unpaired) electrons. The minimum atomic E-state index is -0.785. The number of ether oxygens (including phenoxy) is 1. The second kappa shape index (κ2) is 9.77. The molecular formula is C27H30FN3O4. The van der Waals surface area contributed by atoms with Crippen LogP contribution < -0.4 is 16.0 Å². The number of nitrogens with one attached hydrogen (secondary N) is 3. The molecule has 2 aromatic rings. The summed E-state index contributed by atoms with van der Waals surface area (Å²) in [6.07, 6.45) is 5.97. The third kappa shape index (κ3) is 4.55. The molecule has 8 heteroatoms. The normalized spacial score (nSPS) is 20.1. The highest BCUT2D eigenvalue weighted by atomic mass is 19.1. The summed E-state index contributed by atoms with van der Waals surface area (Å²) in [5.74, 6) is -1.62. The van der Waals surface area contributed by atoms with E-state index in [1.165, 1.54) is 18.2 Å². The minimum Gasteiger partial charge on any atom is -0.381 e. The maximum absolute atomic E-state index is 14.2. The van der Waals surface area contributed by atoms with Gasteiger partial charge in [0.1, 0.15) is 11.9 Å². The van der Waals surface area contributed by atoms with Crippen molar-refractivity contribution in [3.63, 3.8) is 0 Å². The molecule has 2 aliphatic heterocycles. The first-order chi connectivity index (χ1) is 17.0. The van der Waals surface area contributed by atoms with Crippen LogP contribution in [0.2, 0.25) is 0 Å². The number of fused-ring (bicyclic) bond motifs is 2. The summed E-state index contributed by atoms with van der Waals surface area (Å²) in [4.78, 5) is 39.1. The predicted octanol–water partition coefficient (Wildman–Crippen LogP) is 4.14. The van der Waals surface area contributed by atoms with Gasteiger partial charge in [-0.25, -0.2) is 4.39 Å². The lowest BCUT2D eigenvalue weighted by Crippen LogP contribution is -2.49. The highest BCUT2D eigenvalue weighted by Gasteiger charge is 2.47. The van der Waals surface area contributed by atoms with Crippen molar-refractivity contribution in [2.75, 3.05) is 23.8 Å². The van der Waals surface area contributed by atoms with Gasteiger partial charge in [0, 0.05) is 24.6 Å². The quantitative estimate of drug-likeness (QED) is 0.601. The Morgan fingerprint density at radius 3 is 2.54 bits per heavy atom. The molecular weight excluding hydrogens is 449 g/mol. The van der Waals surface area contributed by atoms with E-state index in [1.54, 1.807) is 18.2 Å². The van der Waals surface area contributed by atoms with Gasteiger partial charge in [-0.15, -0.1) is 0 Å². The van der Waals surface area contributed by atoms with E-state index in [4.69, 9.17) is 4.74 Å². The van der Waals surface area contributed by atoms with E-state index in [-0.39, 0.29) is 23.3 Å². The Bertz CT molecular complexity index is 1140. The molecule has 3 aliphatic rings. The molecule has 2 heterocycles. The van der Waals surface area contributed by atoms with Crippen LogP contribution in [0.5, 0.6) is 0 Å². The fourth-order valence-electron chi connectivity index (χ4n) is 5.67. The van der Waals surface area contributed by atoms with Gasteiger partial charge in [0.25, 0.3) is 5.91 Å². The fraction of sp³-hybridized carbons (Fsp3) is 0.444. The van der Waals surface area contributed by atoms with Crippen LogP contribution in [0.1, 0.15) is 60.9 Å². The highest BCUT2D eigenvalue weighted by molar-refractivity contribution is 6.07. The van der Waals surface area contributed by atoms with Crippen molar-refractivity contribution >= 4 is 29.1 Å². The number of hydrogen-bond donors (Lipinski definition) is 3. The number of rotatable bonds is 5. The molecule has 35 heavy (non-hydrogen) atoms. The third-order valence-electron chi connectivity index (χ3n) is 7.64. The van der Waals surface area contributed by atoms with Crippen molar-refractivity contribution in [1.82, 2.24) is 5.32 Å². The second-order valence-electron chi connectivity index (χ2n) is 9.73. The fourth-order valence-corrected chi connectivity index (χ4v) is 5.67. The minimum absolute atomic E-state index is 0.0286. The summed E-state index contributed by atoms with van der Waals surface area (Å²) >= 11 is 0. The molecule has 1 atom stereocenters. The van der Waals surface area contributed by atoms with Crippen molar-refractivity contribution in [1.29, 1.82) is 0 Å². The molecule has 2 fully saturated rings. The number of carbonyl (C=O) groups excluding carboxylic acids is 3. The summed E-state index contributed by atoms with van der Waals surface area (Å²) < 4.78 is 19.6. The monoisotopic (exact) mass is 479 g/mol. The zero-order valence-electron chi connectivity index (χ0n) is 19.6. The van der Waals surface area contributed by atoms with Crippen molar-refractivity contribution in [2.24, 2.45) is 5.92 Å². The van der Waals surface area contributed by atoms with E-state index in [9.17, 15) is 18.8 Å². The lowest BCUT2D eigenvalue weighted by molar-refractivity contribution is -0.124. The smallest absolute Gasteiger partial charge is 0.254 e. The zero-order chi connectivity index (χ0) is 24.4. The van der Waals surface area contributed by atoms with E-state index in [2.05, 4.69) is 16.0 Å². The Labute approximate surface area is 203 Å². The number of anilines is 2. The van der Waals surface area contributed by atoms with Gasteiger partial charge in [-0.2, -0.15) is 0 Å². The Hall–Kier alpha value is -3.26. The van der Waals surface area contributed by atoms with Crippen LogP contribution in [0.25, 0.3) is 0 Å². The van der Waals surface area contributed by atoms with E-state index >= 15 is 0 Å². The molecule has 7 nitrogen and oxygen atoms in total. The van der Waals surface area contributed by atoms with Crippen LogP contribution in [0.3, 0.4) is 0 Å². The number of hydrogen-bond acceptors (Lipinski definition) is 4. The van der Waals surface area contributed by atoms with Gasteiger partial charge in [-0.05, 0) is 61.4 Å². The lowest BCUT2D eigenvalue weighted by atomic mass is 9.75. The van der Waals surface area contributed by atoms with Crippen LogP contribution in [0.15, 0.2) is 42.5 Å². The van der Waals surface area contributed by atoms with Gasteiger partial charge in [0.15, 0.2) is 0 Å². The molecule has 1 saturated heterocycles. The Kier molecular flexibility index (Phi) is 6.56. The number of amides is 3. The number of benzene rings is 2. The SMILES string of the molecule is O=C(N[C@H](C(=O)Nc1ccc2c(c1)NC(=O)C21CCOCC1)C1CCCCC1)c1ccccc1F. The average Bonchev–Trinajstić information content (AvgIpc) is 3.13. The van der Waals surface area contributed by atoms with Crippen molar-refractivity contribution < 1.29 is 23.5 Å². The molecule has 3 amide bonds. The summed E-state index contributed by atoms with van der Waals surface area (Å²) in [6, 6.07) is 10.4. The van der Waals surface area contributed by atoms with E-state index in [0.717, 1.165) is 37.7 Å². The number of carbonyl (C=O) groups is 3. The van der Waals surface area contributed by atoms with Crippen molar-refractivity contribution in [2.45, 2.75) is 56.4 Å². The molecule has 0 aromatic heterocycles. The Morgan fingerprint density at radius 1 is 1.06 bits per heavy atom. The maximum Gasteiger partial charge on any atom is 0.254 e. The third-order valence-corrected chi connectivity index (χ3v) is 7.64. The van der Waals surface area contributed by atoms with Crippen LogP contribution in [-0.4, -0.2) is 37.0 Å².